The van der Waals surface area contributed by atoms with Gasteiger partial charge in [0.2, 0.25) is 0 Å². The molecular formula is C16H23Br. The van der Waals surface area contributed by atoms with Gasteiger partial charge in [-0.05, 0) is 43.7 Å². The molecule has 1 aromatic rings. The average molecular weight is 295 g/mol. The van der Waals surface area contributed by atoms with Crippen molar-refractivity contribution in [2.75, 3.05) is 0 Å². The van der Waals surface area contributed by atoms with Gasteiger partial charge in [0, 0.05) is 4.83 Å². The van der Waals surface area contributed by atoms with Gasteiger partial charge in [0.15, 0.2) is 0 Å². The zero-order valence-electron chi connectivity index (χ0n) is 11.0. The van der Waals surface area contributed by atoms with Gasteiger partial charge in [-0.3, -0.25) is 0 Å². The molecule has 1 aromatic carbocycles. The first-order valence-corrected chi connectivity index (χ1v) is 7.81. The molecule has 1 fully saturated rings. The summed E-state index contributed by atoms with van der Waals surface area (Å²) >= 11 is 3.96. The Morgan fingerprint density at radius 3 is 2.29 bits per heavy atom. The molecular weight excluding hydrogens is 272 g/mol. The molecule has 0 heterocycles. The lowest BCUT2D eigenvalue weighted by atomic mass is 9.90. The van der Waals surface area contributed by atoms with Gasteiger partial charge in [0.05, 0.1) is 0 Å². The second-order valence-electron chi connectivity index (χ2n) is 5.51. The Morgan fingerprint density at radius 2 is 1.71 bits per heavy atom. The molecule has 2 rings (SSSR count). The van der Waals surface area contributed by atoms with Crippen LogP contribution in [0.1, 0.15) is 60.0 Å². The normalized spacial score (nSPS) is 19.9. The molecule has 0 aromatic heterocycles. The highest BCUT2D eigenvalue weighted by Crippen LogP contribution is 2.40. The third kappa shape index (κ3) is 3.34. The van der Waals surface area contributed by atoms with E-state index in [1.165, 1.54) is 55.2 Å². The molecule has 0 N–H and O–H groups in total. The molecule has 1 saturated carbocycles. The third-order valence-electron chi connectivity index (χ3n) is 4.04. The van der Waals surface area contributed by atoms with Crippen molar-refractivity contribution in [3.05, 3.63) is 34.9 Å². The molecule has 17 heavy (non-hydrogen) atoms. The Bertz CT molecular complexity index is 362. The molecule has 0 radical (unpaired) electrons. The molecule has 0 saturated heterocycles. The number of hydrogen-bond donors (Lipinski definition) is 0. The van der Waals surface area contributed by atoms with Gasteiger partial charge in [-0.1, -0.05) is 65.4 Å². The minimum atomic E-state index is 0.557. The van der Waals surface area contributed by atoms with Crippen LogP contribution >= 0.6 is 15.9 Å². The van der Waals surface area contributed by atoms with Crippen molar-refractivity contribution >= 4 is 15.9 Å². The first kappa shape index (κ1) is 13.1. The highest BCUT2D eigenvalue weighted by Gasteiger charge is 2.22. The number of benzene rings is 1. The topological polar surface area (TPSA) is 0 Å². The minimum Gasteiger partial charge on any atom is -0.0836 e. The summed E-state index contributed by atoms with van der Waals surface area (Å²) in [6.45, 7) is 4.42. The second-order valence-corrected chi connectivity index (χ2v) is 6.50. The van der Waals surface area contributed by atoms with Gasteiger partial charge >= 0.3 is 0 Å². The maximum atomic E-state index is 3.96. The monoisotopic (exact) mass is 294 g/mol. The van der Waals surface area contributed by atoms with Crippen LogP contribution in [0.2, 0.25) is 0 Å². The highest BCUT2D eigenvalue weighted by atomic mass is 79.9. The molecule has 0 nitrogen and oxygen atoms in total. The fraction of sp³-hybridized carbons (Fsp3) is 0.625. The quantitative estimate of drug-likeness (QED) is 0.484. The fourth-order valence-electron chi connectivity index (χ4n) is 2.99. The number of aryl methyl sites for hydroxylation is 2. The molecule has 94 valence electrons. The predicted octanol–water partition coefficient (Wildman–Crippen LogP) is 5.71. The van der Waals surface area contributed by atoms with Crippen molar-refractivity contribution in [1.82, 2.24) is 0 Å². The van der Waals surface area contributed by atoms with Crippen LogP contribution in [0.25, 0.3) is 0 Å². The van der Waals surface area contributed by atoms with E-state index in [0.717, 1.165) is 5.92 Å². The summed E-state index contributed by atoms with van der Waals surface area (Å²) in [6, 6.07) is 6.86. The van der Waals surface area contributed by atoms with Crippen LogP contribution in [0.15, 0.2) is 18.2 Å². The Labute approximate surface area is 114 Å². The minimum absolute atomic E-state index is 0.557. The Kier molecular flexibility index (Phi) is 4.67. The molecule has 1 atom stereocenters. The Balaban J connectivity index is 2.14. The summed E-state index contributed by atoms with van der Waals surface area (Å²) in [6.07, 6.45) is 8.48. The average Bonchev–Trinajstić information content (AvgIpc) is 2.56. The van der Waals surface area contributed by atoms with Gasteiger partial charge in [-0.25, -0.2) is 0 Å². The lowest BCUT2D eigenvalue weighted by Crippen LogP contribution is -2.08. The van der Waals surface area contributed by atoms with Gasteiger partial charge in [0.1, 0.15) is 0 Å². The standard InChI is InChI=1S/C16H23Br/c1-12-9-10-15(13(2)11-12)16(17)14-7-5-3-4-6-8-14/h9-11,14,16H,3-8H2,1-2H3. The summed E-state index contributed by atoms with van der Waals surface area (Å²) in [7, 11) is 0. The molecule has 1 unspecified atom stereocenters. The Hall–Kier alpha value is -0.300. The smallest absolute Gasteiger partial charge is 0.0426 e. The van der Waals surface area contributed by atoms with Crippen molar-refractivity contribution in [3.8, 4) is 0 Å². The van der Waals surface area contributed by atoms with Gasteiger partial charge in [-0.2, -0.15) is 0 Å². The van der Waals surface area contributed by atoms with Crippen molar-refractivity contribution in [2.24, 2.45) is 5.92 Å². The van der Waals surface area contributed by atoms with Crippen LogP contribution in [0.3, 0.4) is 0 Å². The van der Waals surface area contributed by atoms with Crippen LogP contribution < -0.4 is 0 Å². The molecule has 1 aliphatic carbocycles. The number of alkyl halides is 1. The number of hydrogen-bond acceptors (Lipinski definition) is 0. The van der Waals surface area contributed by atoms with E-state index in [9.17, 15) is 0 Å². The van der Waals surface area contributed by atoms with Crippen LogP contribution in [0, 0.1) is 19.8 Å². The molecule has 0 amide bonds. The Morgan fingerprint density at radius 1 is 1.06 bits per heavy atom. The van der Waals surface area contributed by atoms with Crippen LogP contribution in [-0.4, -0.2) is 0 Å². The van der Waals surface area contributed by atoms with E-state index in [0.29, 0.717) is 4.83 Å². The van der Waals surface area contributed by atoms with E-state index in [4.69, 9.17) is 0 Å². The first-order chi connectivity index (χ1) is 8.18. The van der Waals surface area contributed by atoms with Crippen molar-refractivity contribution in [1.29, 1.82) is 0 Å². The zero-order chi connectivity index (χ0) is 12.3. The van der Waals surface area contributed by atoms with Crippen LogP contribution in [-0.2, 0) is 0 Å². The zero-order valence-corrected chi connectivity index (χ0v) is 12.6. The molecule has 0 bridgehead atoms. The molecule has 0 spiro atoms. The van der Waals surface area contributed by atoms with E-state index < -0.39 is 0 Å². The highest BCUT2D eigenvalue weighted by molar-refractivity contribution is 9.09. The predicted molar refractivity (Wildman–Crippen MR) is 78.8 cm³/mol. The number of rotatable bonds is 2. The second kappa shape index (κ2) is 6.04. The third-order valence-corrected chi connectivity index (χ3v) is 5.28. The summed E-state index contributed by atoms with van der Waals surface area (Å²) in [5.41, 5.74) is 4.31. The van der Waals surface area contributed by atoms with E-state index in [1.807, 2.05) is 0 Å². The maximum absolute atomic E-state index is 3.96. The van der Waals surface area contributed by atoms with Crippen molar-refractivity contribution in [3.63, 3.8) is 0 Å². The largest absolute Gasteiger partial charge is 0.0836 e. The molecule has 1 heteroatoms. The summed E-state index contributed by atoms with van der Waals surface area (Å²) < 4.78 is 0. The van der Waals surface area contributed by atoms with E-state index in [-0.39, 0.29) is 0 Å². The van der Waals surface area contributed by atoms with Gasteiger partial charge in [-0.15, -0.1) is 0 Å². The summed E-state index contributed by atoms with van der Waals surface area (Å²) in [5, 5.41) is 0. The van der Waals surface area contributed by atoms with Gasteiger partial charge < -0.3 is 0 Å². The van der Waals surface area contributed by atoms with Crippen molar-refractivity contribution in [2.45, 2.75) is 57.2 Å². The molecule has 1 aliphatic rings. The molecule has 0 aliphatic heterocycles. The SMILES string of the molecule is Cc1ccc(C(Br)C2CCCCCC2)c(C)c1. The lowest BCUT2D eigenvalue weighted by Gasteiger charge is -2.23. The van der Waals surface area contributed by atoms with Crippen LogP contribution in [0.4, 0.5) is 0 Å². The summed E-state index contributed by atoms with van der Waals surface area (Å²) in [5.74, 6) is 0.832. The first-order valence-electron chi connectivity index (χ1n) is 6.89. The summed E-state index contributed by atoms with van der Waals surface area (Å²) in [4.78, 5) is 0.557. The van der Waals surface area contributed by atoms with E-state index in [2.05, 4.69) is 48.0 Å². The number of halogens is 1. The van der Waals surface area contributed by atoms with E-state index >= 15 is 0 Å². The van der Waals surface area contributed by atoms with E-state index in [1.54, 1.807) is 0 Å². The fourth-order valence-corrected chi connectivity index (χ4v) is 4.03. The lowest BCUT2D eigenvalue weighted by molar-refractivity contribution is 0.454. The van der Waals surface area contributed by atoms with Crippen LogP contribution in [0.5, 0.6) is 0 Å². The maximum Gasteiger partial charge on any atom is 0.0426 e. The van der Waals surface area contributed by atoms with Crippen molar-refractivity contribution < 1.29 is 0 Å². The van der Waals surface area contributed by atoms with Gasteiger partial charge in [0.25, 0.3) is 0 Å².